The van der Waals surface area contributed by atoms with Gasteiger partial charge in [-0.25, -0.2) is 9.78 Å². The second-order valence-corrected chi connectivity index (χ2v) is 5.80. The van der Waals surface area contributed by atoms with Crippen molar-refractivity contribution in [3.05, 3.63) is 11.8 Å². The quantitative estimate of drug-likeness (QED) is 0.752. The monoisotopic (exact) mass is 335 g/mol. The van der Waals surface area contributed by atoms with Gasteiger partial charge in [0.1, 0.15) is 5.82 Å². The van der Waals surface area contributed by atoms with Gasteiger partial charge in [-0.3, -0.25) is 4.79 Å². The maximum Gasteiger partial charge on any atom is 0.356 e. The summed E-state index contributed by atoms with van der Waals surface area (Å²) in [6, 6.07) is 1.77. The van der Waals surface area contributed by atoms with Crippen LogP contribution in [0.3, 0.4) is 0 Å². The van der Waals surface area contributed by atoms with Crippen LogP contribution in [0, 0.1) is 0 Å². The second-order valence-electron chi connectivity index (χ2n) is 5.80. The minimum atomic E-state index is -0.506. The number of nitrogens with zero attached hydrogens (tertiary/aromatic N) is 4. The molecule has 2 aliphatic rings. The summed E-state index contributed by atoms with van der Waals surface area (Å²) in [5.74, 6) is 0.590. The van der Waals surface area contributed by atoms with Crippen molar-refractivity contribution in [2.24, 2.45) is 0 Å². The van der Waals surface area contributed by atoms with Gasteiger partial charge in [-0.05, 0) is 0 Å². The van der Waals surface area contributed by atoms with Crippen molar-refractivity contribution in [2.45, 2.75) is 13.0 Å². The summed E-state index contributed by atoms with van der Waals surface area (Å²) >= 11 is 0. The molecule has 1 aromatic heterocycles. The van der Waals surface area contributed by atoms with Gasteiger partial charge in [0.2, 0.25) is 11.9 Å². The first-order valence-corrected chi connectivity index (χ1v) is 7.89. The topological polar surface area (TPSA) is 96.9 Å². The molecule has 0 spiro atoms. The number of esters is 1. The SMILES string of the molecule is COC(=O)c1cc(NC2COC2)nc(N2CCN(C(C)=O)CC2)n1. The van der Waals surface area contributed by atoms with E-state index in [-0.39, 0.29) is 17.6 Å². The van der Waals surface area contributed by atoms with Crippen LogP contribution in [-0.4, -0.2) is 79.3 Å². The number of methoxy groups -OCH3 is 1. The first kappa shape index (κ1) is 16.4. The molecule has 0 aliphatic carbocycles. The van der Waals surface area contributed by atoms with Crippen LogP contribution in [0.2, 0.25) is 0 Å². The number of carbonyl (C=O) groups excluding carboxylic acids is 2. The highest BCUT2D eigenvalue weighted by Crippen LogP contribution is 2.18. The summed E-state index contributed by atoms with van der Waals surface area (Å²) in [6.07, 6.45) is 0. The lowest BCUT2D eigenvalue weighted by molar-refractivity contribution is -0.129. The van der Waals surface area contributed by atoms with Gasteiger partial charge < -0.3 is 24.6 Å². The summed E-state index contributed by atoms with van der Waals surface area (Å²) in [4.78, 5) is 35.9. The maximum absolute atomic E-state index is 11.9. The Morgan fingerprint density at radius 3 is 2.50 bits per heavy atom. The lowest BCUT2D eigenvalue weighted by Gasteiger charge is -2.34. The van der Waals surface area contributed by atoms with Crippen LogP contribution in [0.15, 0.2) is 6.07 Å². The molecular weight excluding hydrogens is 314 g/mol. The van der Waals surface area contributed by atoms with Crippen molar-refractivity contribution in [1.82, 2.24) is 14.9 Å². The van der Waals surface area contributed by atoms with E-state index in [4.69, 9.17) is 9.47 Å². The number of anilines is 2. The van der Waals surface area contributed by atoms with E-state index in [9.17, 15) is 9.59 Å². The molecule has 0 radical (unpaired) electrons. The zero-order valence-corrected chi connectivity index (χ0v) is 13.8. The van der Waals surface area contributed by atoms with E-state index in [2.05, 4.69) is 15.3 Å². The van der Waals surface area contributed by atoms with Crippen LogP contribution in [0.4, 0.5) is 11.8 Å². The van der Waals surface area contributed by atoms with Gasteiger partial charge in [-0.2, -0.15) is 4.98 Å². The molecule has 0 atom stereocenters. The number of aromatic nitrogens is 2. The first-order valence-electron chi connectivity index (χ1n) is 7.89. The molecule has 1 amide bonds. The molecule has 2 saturated heterocycles. The number of nitrogens with one attached hydrogen (secondary N) is 1. The molecule has 2 aliphatic heterocycles. The van der Waals surface area contributed by atoms with Gasteiger partial charge in [-0.1, -0.05) is 0 Å². The molecule has 1 N–H and O–H groups in total. The third-order valence-corrected chi connectivity index (χ3v) is 4.11. The number of hydrogen-bond donors (Lipinski definition) is 1. The van der Waals surface area contributed by atoms with Crippen LogP contribution in [0.5, 0.6) is 0 Å². The predicted octanol–water partition coefficient (Wildman–Crippen LogP) is -0.258. The van der Waals surface area contributed by atoms with Crippen molar-refractivity contribution in [1.29, 1.82) is 0 Å². The summed E-state index contributed by atoms with van der Waals surface area (Å²) in [7, 11) is 1.32. The van der Waals surface area contributed by atoms with E-state index in [1.165, 1.54) is 7.11 Å². The second kappa shape index (κ2) is 7.00. The molecule has 0 aromatic carbocycles. The van der Waals surface area contributed by atoms with Gasteiger partial charge in [0.05, 0.1) is 26.4 Å². The lowest BCUT2D eigenvalue weighted by Crippen LogP contribution is -2.48. The van der Waals surface area contributed by atoms with Crippen LogP contribution in [-0.2, 0) is 14.3 Å². The molecule has 3 rings (SSSR count). The van der Waals surface area contributed by atoms with E-state index in [1.807, 2.05) is 4.90 Å². The number of amides is 1. The Bertz CT molecular complexity index is 626. The molecule has 0 bridgehead atoms. The molecule has 3 heterocycles. The van der Waals surface area contributed by atoms with Gasteiger partial charge in [0.15, 0.2) is 5.69 Å². The number of carbonyl (C=O) groups is 2. The predicted molar refractivity (Wildman–Crippen MR) is 86.1 cm³/mol. The fraction of sp³-hybridized carbons (Fsp3) is 0.600. The van der Waals surface area contributed by atoms with Gasteiger partial charge in [0.25, 0.3) is 0 Å². The van der Waals surface area contributed by atoms with Crippen molar-refractivity contribution in [3.63, 3.8) is 0 Å². The maximum atomic E-state index is 11.9. The Hall–Kier alpha value is -2.42. The highest BCUT2D eigenvalue weighted by molar-refractivity contribution is 5.88. The van der Waals surface area contributed by atoms with Crippen molar-refractivity contribution in [2.75, 3.05) is 56.7 Å². The average Bonchev–Trinajstić information content (AvgIpc) is 2.57. The smallest absolute Gasteiger partial charge is 0.356 e. The number of ether oxygens (including phenoxy) is 2. The van der Waals surface area contributed by atoms with Crippen molar-refractivity contribution < 1.29 is 19.1 Å². The Morgan fingerprint density at radius 1 is 1.25 bits per heavy atom. The van der Waals surface area contributed by atoms with Crippen molar-refractivity contribution in [3.8, 4) is 0 Å². The van der Waals surface area contributed by atoms with Crippen LogP contribution < -0.4 is 10.2 Å². The molecule has 24 heavy (non-hydrogen) atoms. The molecule has 1 aromatic rings. The zero-order chi connectivity index (χ0) is 17.1. The fourth-order valence-corrected chi connectivity index (χ4v) is 2.61. The first-order chi connectivity index (χ1) is 11.6. The Labute approximate surface area is 139 Å². The molecule has 9 heteroatoms. The Kier molecular flexibility index (Phi) is 4.79. The minimum Gasteiger partial charge on any atom is -0.464 e. The summed E-state index contributed by atoms with van der Waals surface area (Å²) < 4.78 is 9.92. The minimum absolute atomic E-state index is 0.0613. The van der Waals surface area contributed by atoms with Crippen LogP contribution >= 0.6 is 0 Å². The molecule has 0 unspecified atom stereocenters. The zero-order valence-electron chi connectivity index (χ0n) is 13.8. The normalized spacial score (nSPS) is 18.1. The summed E-state index contributed by atoms with van der Waals surface area (Å²) in [5.41, 5.74) is 0.208. The standard InChI is InChI=1S/C15H21N5O4/c1-10(21)19-3-5-20(6-4-19)15-17-12(14(22)23-2)7-13(18-15)16-11-8-24-9-11/h7,11H,3-6,8-9H2,1-2H3,(H,16,17,18). The van der Waals surface area contributed by atoms with E-state index in [1.54, 1.807) is 17.9 Å². The van der Waals surface area contributed by atoms with Crippen LogP contribution in [0.1, 0.15) is 17.4 Å². The highest BCUT2D eigenvalue weighted by atomic mass is 16.5. The van der Waals surface area contributed by atoms with E-state index in [0.29, 0.717) is 51.2 Å². The largest absolute Gasteiger partial charge is 0.464 e. The molecule has 0 saturated carbocycles. The van der Waals surface area contributed by atoms with Gasteiger partial charge in [-0.15, -0.1) is 0 Å². The lowest BCUT2D eigenvalue weighted by atomic mass is 10.2. The summed E-state index contributed by atoms with van der Waals surface area (Å²) in [5, 5.41) is 3.23. The van der Waals surface area contributed by atoms with Crippen molar-refractivity contribution >= 4 is 23.6 Å². The molecule has 2 fully saturated rings. The molecule has 9 nitrogen and oxygen atoms in total. The van der Waals surface area contributed by atoms with Gasteiger partial charge in [0, 0.05) is 39.2 Å². The van der Waals surface area contributed by atoms with E-state index >= 15 is 0 Å². The number of rotatable bonds is 4. The number of piperazine rings is 1. The third-order valence-electron chi connectivity index (χ3n) is 4.11. The van der Waals surface area contributed by atoms with Crippen LogP contribution in [0.25, 0.3) is 0 Å². The molecular formula is C15H21N5O4. The summed E-state index contributed by atoms with van der Waals surface area (Å²) in [6.45, 7) is 5.26. The third kappa shape index (κ3) is 3.56. The van der Waals surface area contributed by atoms with E-state index < -0.39 is 5.97 Å². The highest BCUT2D eigenvalue weighted by Gasteiger charge is 2.24. The fourth-order valence-electron chi connectivity index (χ4n) is 2.61. The Balaban J connectivity index is 1.79. The Morgan fingerprint density at radius 2 is 1.96 bits per heavy atom. The van der Waals surface area contributed by atoms with E-state index in [0.717, 1.165) is 0 Å². The molecule has 130 valence electrons. The average molecular weight is 335 g/mol. The van der Waals surface area contributed by atoms with Gasteiger partial charge >= 0.3 is 5.97 Å². The number of hydrogen-bond acceptors (Lipinski definition) is 8.